The number of fused-ring (bicyclic) bond motifs is 1. The van der Waals surface area contributed by atoms with Crippen LogP contribution in [0.3, 0.4) is 0 Å². The standard InChI is InChI=1S/C26H22N4O2/c31-25(24-11-5-14-29(24)18-19-6-4-13-27-17-19)28-22-9-3-8-21(16-22)26(32)30-15-12-20-7-1-2-10-23(20)30/h1-11,13-14,16-17H,12,15,18H2,(H,28,31). The Morgan fingerprint density at radius 3 is 2.75 bits per heavy atom. The monoisotopic (exact) mass is 422 g/mol. The lowest BCUT2D eigenvalue weighted by atomic mass is 10.1. The van der Waals surface area contributed by atoms with Gasteiger partial charge in [-0.05, 0) is 60.0 Å². The zero-order valence-corrected chi connectivity index (χ0v) is 17.4. The molecule has 2 aromatic carbocycles. The zero-order chi connectivity index (χ0) is 21.9. The molecule has 0 bridgehead atoms. The van der Waals surface area contributed by atoms with Gasteiger partial charge in [0, 0.05) is 48.6 Å². The lowest BCUT2D eigenvalue weighted by Crippen LogP contribution is -2.29. The summed E-state index contributed by atoms with van der Waals surface area (Å²) in [4.78, 5) is 32.0. The van der Waals surface area contributed by atoms with E-state index in [2.05, 4.69) is 16.4 Å². The number of hydrogen-bond donors (Lipinski definition) is 1. The van der Waals surface area contributed by atoms with E-state index in [0.29, 0.717) is 30.0 Å². The molecule has 2 amide bonds. The van der Waals surface area contributed by atoms with Gasteiger partial charge in [0.25, 0.3) is 11.8 Å². The van der Waals surface area contributed by atoms with Crippen molar-refractivity contribution in [3.63, 3.8) is 0 Å². The molecule has 3 heterocycles. The van der Waals surface area contributed by atoms with Crippen molar-refractivity contribution in [2.24, 2.45) is 0 Å². The molecule has 0 atom stereocenters. The van der Waals surface area contributed by atoms with E-state index in [1.54, 1.807) is 47.6 Å². The third kappa shape index (κ3) is 3.90. The molecule has 6 heteroatoms. The predicted octanol–water partition coefficient (Wildman–Crippen LogP) is 4.39. The first-order valence-electron chi connectivity index (χ1n) is 10.5. The third-order valence-electron chi connectivity index (χ3n) is 5.64. The maximum atomic E-state index is 13.1. The van der Waals surface area contributed by atoms with E-state index < -0.39 is 0 Å². The lowest BCUT2D eigenvalue weighted by Gasteiger charge is -2.18. The normalized spacial score (nSPS) is 12.4. The summed E-state index contributed by atoms with van der Waals surface area (Å²) in [5, 5.41) is 2.93. The van der Waals surface area contributed by atoms with Gasteiger partial charge in [0.05, 0.1) is 0 Å². The number of aromatic nitrogens is 2. The highest BCUT2D eigenvalue weighted by atomic mass is 16.2. The Morgan fingerprint density at radius 1 is 0.969 bits per heavy atom. The fourth-order valence-electron chi connectivity index (χ4n) is 4.08. The Balaban J connectivity index is 1.32. The van der Waals surface area contributed by atoms with Crippen LogP contribution < -0.4 is 10.2 Å². The Bertz CT molecular complexity index is 1280. The SMILES string of the molecule is O=C(Nc1cccc(C(=O)N2CCc3ccccc32)c1)c1cccn1Cc1cccnc1. The van der Waals surface area contributed by atoms with Crippen LogP contribution in [-0.4, -0.2) is 27.9 Å². The summed E-state index contributed by atoms with van der Waals surface area (Å²) < 4.78 is 1.88. The Morgan fingerprint density at radius 2 is 1.88 bits per heavy atom. The van der Waals surface area contributed by atoms with Gasteiger partial charge >= 0.3 is 0 Å². The highest BCUT2D eigenvalue weighted by Crippen LogP contribution is 2.29. The van der Waals surface area contributed by atoms with Crippen molar-refractivity contribution in [1.82, 2.24) is 9.55 Å². The molecule has 0 saturated carbocycles. The van der Waals surface area contributed by atoms with Gasteiger partial charge in [-0.2, -0.15) is 0 Å². The highest BCUT2D eigenvalue weighted by Gasteiger charge is 2.25. The van der Waals surface area contributed by atoms with E-state index in [4.69, 9.17) is 0 Å². The number of benzene rings is 2. The highest BCUT2D eigenvalue weighted by molar-refractivity contribution is 6.09. The zero-order valence-electron chi connectivity index (χ0n) is 17.4. The van der Waals surface area contributed by atoms with E-state index >= 15 is 0 Å². The third-order valence-corrected chi connectivity index (χ3v) is 5.64. The van der Waals surface area contributed by atoms with Crippen LogP contribution in [0.2, 0.25) is 0 Å². The number of nitrogens with zero attached hydrogens (tertiary/aromatic N) is 3. The number of pyridine rings is 1. The number of nitrogens with one attached hydrogen (secondary N) is 1. The quantitative estimate of drug-likeness (QED) is 0.519. The second-order valence-corrected chi connectivity index (χ2v) is 7.75. The molecular weight excluding hydrogens is 400 g/mol. The molecular formula is C26H22N4O2. The number of rotatable bonds is 5. The fourth-order valence-corrected chi connectivity index (χ4v) is 4.08. The molecule has 2 aromatic heterocycles. The first-order valence-corrected chi connectivity index (χ1v) is 10.5. The summed E-state index contributed by atoms with van der Waals surface area (Å²) in [7, 11) is 0. The Labute approximate surface area is 186 Å². The van der Waals surface area contributed by atoms with E-state index in [-0.39, 0.29) is 11.8 Å². The summed E-state index contributed by atoms with van der Waals surface area (Å²) >= 11 is 0. The van der Waals surface area contributed by atoms with Crippen LogP contribution in [0.25, 0.3) is 0 Å². The van der Waals surface area contributed by atoms with Crippen molar-refractivity contribution in [2.75, 3.05) is 16.8 Å². The van der Waals surface area contributed by atoms with Crippen molar-refractivity contribution >= 4 is 23.2 Å². The number of hydrogen-bond acceptors (Lipinski definition) is 3. The second kappa shape index (κ2) is 8.51. The molecule has 6 nitrogen and oxygen atoms in total. The molecule has 1 N–H and O–H groups in total. The fraction of sp³-hybridized carbons (Fsp3) is 0.115. The topological polar surface area (TPSA) is 67.2 Å². The molecule has 0 radical (unpaired) electrons. The van der Waals surface area contributed by atoms with Crippen LogP contribution in [0.4, 0.5) is 11.4 Å². The number of amides is 2. The molecule has 5 rings (SSSR count). The van der Waals surface area contributed by atoms with Crippen LogP contribution in [0.15, 0.2) is 91.4 Å². The molecule has 0 fully saturated rings. The summed E-state index contributed by atoms with van der Waals surface area (Å²) in [6.45, 7) is 1.22. The van der Waals surface area contributed by atoms with Crippen molar-refractivity contribution in [1.29, 1.82) is 0 Å². The molecule has 4 aromatic rings. The minimum absolute atomic E-state index is 0.0639. The lowest BCUT2D eigenvalue weighted by molar-refractivity contribution is 0.0986. The van der Waals surface area contributed by atoms with Crippen LogP contribution in [-0.2, 0) is 13.0 Å². The molecule has 32 heavy (non-hydrogen) atoms. The van der Waals surface area contributed by atoms with Crippen LogP contribution >= 0.6 is 0 Å². The van der Waals surface area contributed by atoms with Gasteiger partial charge in [0.1, 0.15) is 5.69 Å². The number of anilines is 2. The average molecular weight is 422 g/mol. The molecule has 1 aliphatic rings. The minimum Gasteiger partial charge on any atom is -0.339 e. The molecule has 0 unspecified atom stereocenters. The van der Waals surface area contributed by atoms with Crippen molar-refractivity contribution in [3.05, 3.63) is 114 Å². The van der Waals surface area contributed by atoms with Crippen molar-refractivity contribution < 1.29 is 9.59 Å². The van der Waals surface area contributed by atoms with Gasteiger partial charge in [-0.3, -0.25) is 14.6 Å². The first-order chi connectivity index (χ1) is 15.7. The summed E-state index contributed by atoms with van der Waals surface area (Å²) in [5.74, 6) is -0.291. The Kier molecular flexibility index (Phi) is 5.25. The average Bonchev–Trinajstić information content (AvgIpc) is 3.46. The van der Waals surface area contributed by atoms with Gasteiger partial charge in [-0.1, -0.05) is 30.3 Å². The maximum absolute atomic E-state index is 13.1. The van der Waals surface area contributed by atoms with E-state index in [0.717, 1.165) is 17.7 Å². The first kappa shape index (κ1) is 19.8. The number of carbonyl (C=O) groups is 2. The van der Waals surface area contributed by atoms with Gasteiger partial charge in [-0.25, -0.2) is 0 Å². The summed E-state index contributed by atoms with van der Waals surface area (Å²) in [5.41, 5.74) is 4.82. The number of para-hydroxylation sites is 1. The molecule has 158 valence electrons. The van der Waals surface area contributed by atoms with Crippen molar-refractivity contribution in [3.8, 4) is 0 Å². The largest absolute Gasteiger partial charge is 0.339 e. The summed E-state index contributed by atoms with van der Waals surface area (Å²) in [6.07, 6.45) is 6.23. The van der Waals surface area contributed by atoms with E-state index in [9.17, 15) is 9.59 Å². The maximum Gasteiger partial charge on any atom is 0.272 e. The molecule has 0 spiro atoms. The Hall–Kier alpha value is -4.19. The van der Waals surface area contributed by atoms with Gasteiger partial charge in [-0.15, -0.1) is 0 Å². The summed E-state index contributed by atoms with van der Waals surface area (Å²) in [6, 6.07) is 22.5. The van der Waals surface area contributed by atoms with Gasteiger partial charge in [0.2, 0.25) is 0 Å². The number of carbonyl (C=O) groups excluding carboxylic acids is 2. The minimum atomic E-state index is -0.227. The second-order valence-electron chi connectivity index (χ2n) is 7.75. The molecule has 0 saturated heterocycles. The van der Waals surface area contributed by atoms with Crippen LogP contribution in [0, 0.1) is 0 Å². The van der Waals surface area contributed by atoms with Crippen molar-refractivity contribution in [2.45, 2.75) is 13.0 Å². The van der Waals surface area contributed by atoms with Gasteiger partial charge in [0.15, 0.2) is 0 Å². The molecule has 0 aliphatic carbocycles. The van der Waals surface area contributed by atoms with E-state index in [1.165, 1.54) is 5.56 Å². The van der Waals surface area contributed by atoms with Crippen LogP contribution in [0.5, 0.6) is 0 Å². The van der Waals surface area contributed by atoms with Gasteiger partial charge < -0.3 is 14.8 Å². The van der Waals surface area contributed by atoms with E-state index in [1.807, 2.05) is 47.2 Å². The predicted molar refractivity (Wildman–Crippen MR) is 124 cm³/mol. The smallest absolute Gasteiger partial charge is 0.272 e. The van der Waals surface area contributed by atoms with Crippen LogP contribution in [0.1, 0.15) is 32.0 Å². The molecule has 1 aliphatic heterocycles.